The fourth-order valence-electron chi connectivity index (χ4n) is 1.81. The average Bonchev–Trinajstić information content (AvgIpc) is 2.61. The van der Waals surface area contributed by atoms with Gasteiger partial charge in [-0.15, -0.1) is 0 Å². The minimum Gasteiger partial charge on any atom is -0.261 e. The van der Waals surface area contributed by atoms with Gasteiger partial charge >= 0.3 is 0 Å². The summed E-state index contributed by atoms with van der Waals surface area (Å²) < 4.78 is 1.90. The van der Waals surface area contributed by atoms with E-state index in [4.69, 9.17) is 0 Å². The molecule has 0 bridgehead atoms. The van der Waals surface area contributed by atoms with Crippen molar-refractivity contribution in [3.05, 3.63) is 41.7 Å². The Bertz CT molecular complexity index is 494. The van der Waals surface area contributed by atoms with Crippen molar-refractivity contribution in [3.8, 4) is 0 Å². The highest BCUT2D eigenvalue weighted by Crippen LogP contribution is 2.24. The quantitative estimate of drug-likeness (QED) is 0.792. The Morgan fingerprint density at radius 2 is 1.88 bits per heavy atom. The van der Waals surface area contributed by atoms with Crippen LogP contribution in [0, 0.1) is 13.1 Å². The van der Waals surface area contributed by atoms with E-state index in [1.165, 1.54) is 0 Å². The first-order valence-corrected chi connectivity index (χ1v) is 5.70. The molecule has 0 fully saturated rings. The van der Waals surface area contributed by atoms with Crippen LogP contribution in [-0.2, 0) is 12.0 Å². The highest BCUT2D eigenvalue weighted by molar-refractivity contribution is 5.23. The summed E-state index contributed by atoms with van der Waals surface area (Å²) in [5.74, 6) is 0.771. The van der Waals surface area contributed by atoms with Crippen molar-refractivity contribution in [1.29, 1.82) is 0 Å². The predicted molar refractivity (Wildman–Crippen MR) is 65.6 cm³/mol. The zero-order chi connectivity index (χ0) is 12.5. The van der Waals surface area contributed by atoms with E-state index in [2.05, 4.69) is 49.0 Å². The predicted octanol–water partition coefficient (Wildman–Crippen LogP) is 2.13. The number of hydrogen-bond donors (Lipinski definition) is 0. The van der Waals surface area contributed by atoms with E-state index >= 15 is 0 Å². The van der Waals surface area contributed by atoms with Crippen molar-refractivity contribution in [1.82, 2.24) is 19.7 Å². The molecule has 2 rings (SSSR count). The third-order valence-electron chi connectivity index (χ3n) is 2.69. The van der Waals surface area contributed by atoms with Gasteiger partial charge in [-0.25, -0.2) is 9.97 Å². The Morgan fingerprint density at radius 3 is 2.41 bits per heavy atom. The smallest absolute Gasteiger partial charge is 0.149 e. The molecule has 2 aromatic rings. The molecular formula is C13H17N4. The first-order valence-electron chi connectivity index (χ1n) is 5.70. The molecule has 4 heteroatoms. The summed E-state index contributed by atoms with van der Waals surface area (Å²) >= 11 is 0. The van der Waals surface area contributed by atoms with Crippen molar-refractivity contribution in [3.63, 3.8) is 0 Å². The second kappa shape index (κ2) is 4.28. The van der Waals surface area contributed by atoms with E-state index in [1.807, 2.05) is 10.7 Å². The van der Waals surface area contributed by atoms with E-state index in [9.17, 15) is 0 Å². The molecular weight excluding hydrogens is 212 g/mol. The molecule has 17 heavy (non-hydrogen) atoms. The standard InChI is InChI=1S/C13H17N4/c1-10-11(13(2,3)4)8-16-17(10)9-12-14-6-5-7-15-12/h5-7H,9H2,1-4H3. The first-order chi connectivity index (χ1) is 7.98. The molecule has 0 saturated carbocycles. The average molecular weight is 229 g/mol. The highest BCUT2D eigenvalue weighted by Gasteiger charge is 2.20. The van der Waals surface area contributed by atoms with E-state index in [0.29, 0.717) is 6.54 Å². The third kappa shape index (κ3) is 2.52. The SMILES string of the molecule is Cc1c(C(C)(C)C)[c]nn1Cc1ncccn1. The van der Waals surface area contributed by atoms with Crippen molar-refractivity contribution in [2.45, 2.75) is 39.7 Å². The molecule has 89 valence electrons. The summed E-state index contributed by atoms with van der Waals surface area (Å²) in [6.07, 6.45) is 6.58. The van der Waals surface area contributed by atoms with Gasteiger partial charge in [-0.2, -0.15) is 5.10 Å². The first kappa shape index (κ1) is 11.8. The van der Waals surface area contributed by atoms with E-state index in [0.717, 1.165) is 17.1 Å². The second-order valence-corrected chi connectivity index (χ2v) is 5.14. The lowest BCUT2D eigenvalue weighted by Gasteiger charge is -2.17. The summed E-state index contributed by atoms with van der Waals surface area (Å²) in [5, 5.41) is 4.29. The Kier molecular flexibility index (Phi) is 2.96. The molecule has 0 spiro atoms. The molecule has 0 aromatic carbocycles. The highest BCUT2D eigenvalue weighted by atomic mass is 15.3. The Morgan fingerprint density at radius 1 is 1.24 bits per heavy atom. The Balaban J connectivity index is 2.27. The molecule has 0 aliphatic carbocycles. The van der Waals surface area contributed by atoms with Crippen LogP contribution in [0.1, 0.15) is 37.9 Å². The lowest BCUT2D eigenvalue weighted by atomic mass is 9.88. The zero-order valence-corrected chi connectivity index (χ0v) is 10.7. The minimum absolute atomic E-state index is 0.0693. The lowest BCUT2D eigenvalue weighted by Crippen LogP contribution is -2.13. The Hall–Kier alpha value is -1.71. The van der Waals surface area contributed by atoms with Gasteiger partial charge in [0.25, 0.3) is 0 Å². The van der Waals surface area contributed by atoms with E-state index < -0.39 is 0 Å². The van der Waals surface area contributed by atoms with Crippen LogP contribution in [0.3, 0.4) is 0 Å². The summed E-state index contributed by atoms with van der Waals surface area (Å²) in [7, 11) is 0. The van der Waals surface area contributed by atoms with Gasteiger partial charge in [0.15, 0.2) is 0 Å². The van der Waals surface area contributed by atoms with Crippen LogP contribution >= 0.6 is 0 Å². The maximum absolute atomic E-state index is 4.29. The number of hydrogen-bond acceptors (Lipinski definition) is 3. The zero-order valence-electron chi connectivity index (χ0n) is 10.7. The summed E-state index contributed by atoms with van der Waals surface area (Å²) in [5.41, 5.74) is 2.35. The van der Waals surface area contributed by atoms with Gasteiger partial charge in [0, 0.05) is 23.7 Å². The number of rotatable bonds is 2. The maximum Gasteiger partial charge on any atom is 0.149 e. The summed E-state index contributed by atoms with van der Waals surface area (Å²) in [6, 6.07) is 1.81. The van der Waals surface area contributed by atoms with Gasteiger partial charge in [0.2, 0.25) is 0 Å². The fraction of sp³-hybridized carbons (Fsp3) is 0.462. The molecule has 0 aliphatic rings. The van der Waals surface area contributed by atoms with Crippen LogP contribution < -0.4 is 0 Å². The third-order valence-corrected chi connectivity index (χ3v) is 2.69. The van der Waals surface area contributed by atoms with Crippen LogP contribution in [0.15, 0.2) is 18.5 Å². The van der Waals surface area contributed by atoms with Crippen molar-refractivity contribution >= 4 is 0 Å². The van der Waals surface area contributed by atoms with Gasteiger partial charge < -0.3 is 0 Å². The van der Waals surface area contributed by atoms with Crippen molar-refractivity contribution in [2.75, 3.05) is 0 Å². The van der Waals surface area contributed by atoms with Crippen LogP contribution in [0.4, 0.5) is 0 Å². The fourth-order valence-corrected chi connectivity index (χ4v) is 1.81. The van der Waals surface area contributed by atoms with Gasteiger partial charge in [-0.05, 0) is 18.4 Å². The number of aromatic nitrogens is 4. The molecule has 1 radical (unpaired) electrons. The topological polar surface area (TPSA) is 43.6 Å². The van der Waals surface area contributed by atoms with Gasteiger partial charge in [-0.1, -0.05) is 20.8 Å². The molecule has 0 saturated heterocycles. The molecule has 0 aliphatic heterocycles. The molecule has 0 N–H and O–H groups in total. The van der Waals surface area contributed by atoms with Crippen molar-refractivity contribution < 1.29 is 0 Å². The van der Waals surface area contributed by atoms with Crippen molar-refractivity contribution in [2.24, 2.45) is 0 Å². The molecule has 2 aromatic heterocycles. The monoisotopic (exact) mass is 229 g/mol. The molecule has 0 atom stereocenters. The maximum atomic E-state index is 4.29. The van der Waals surface area contributed by atoms with Crippen LogP contribution in [0.2, 0.25) is 0 Å². The molecule has 0 amide bonds. The summed E-state index contributed by atoms with van der Waals surface area (Å²) in [6.45, 7) is 9.15. The van der Waals surface area contributed by atoms with E-state index in [1.54, 1.807) is 12.4 Å². The lowest BCUT2D eigenvalue weighted by molar-refractivity contribution is 0.577. The van der Waals surface area contributed by atoms with Gasteiger partial charge in [-0.3, -0.25) is 4.68 Å². The Labute approximate surface area is 102 Å². The molecule has 2 heterocycles. The van der Waals surface area contributed by atoms with Gasteiger partial charge in [0.1, 0.15) is 18.6 Å². The molecule has 4 nitrogen and oxygen atoms in total. The number of nitrogens with zero attached hydrogens (tertiary/aromatic N) is 4. The minimum atomic E-state index is 0.0693. The van der Waals surface area contributed by atoms with Crippen LogP contribution in [0.5, 0.6) is 0 Å². The van der Waals surface area contributed by atoms with Crippen LogP contribution in [-0.4, -0.2) is 19.7 Å². The largest absolute Gasteiger partial charge is 0.261 e. The normalized spacial score (nSPS) is 11.8. The summed E-state index contributed by atoms with van der Waals surface area (Å²) in [4.78, 5) is 8.40. The van der Waals surface area contributed by atoms with Crippen LogP contribution in [0.25, 0.3) is 0 Å². The second-order valence-electron chi connectivity index (χ2n) is 5.14. The van der Waals surface area contributed by atoms with Gasteiger partial charge in [0.05, 0.1) is 0 Å². The van der Waals surface area contributed by atoms with E-state index in [-0.39, 0.29) is 5.41 Å². The molecule has 0 unspecified atom stereocenters.